The molecule has 0 aromatic carbocycles. The van der Waals surface area contributed by atoms with Gasteiger partial charge in [0.25, 0.3) is 0 Å². The Morgan fingerprint density at radius 2 is 2.00 bits per heavy atom. The molecule has 76 valence electrons. The molecule has 1 N–H and O–H groups in total. The molecule has 0 aromatic rings. The first-order chi connectivity index (χ1) is 5.81. The monoisotopic (exact) mass is 185 g/mol. The van der Waals surface area contributed by atoms with Crippen LogP contribution in [0.1, 0.15) is 34.1 Å². The van der Waals surface area contributed by atoms with E-state index in [1.807, 2.05) is 20.8 Å². The van der Waals surface area contributed by atoms with Crippen molar-refractivity contribution in [3.05, 3.63) is 12.3 Å². The topological polar surface area (TPSA) is 38.3 Å². The first-order valence-electron chi connectivity index (χ1n) is 4.40. The van der Waals surface area contributed by atoms with Crippen LogP contribution in [0.15, 0.2) is 12.3 Å². The number of hydrogen-bond acceptors (Lipinski definition) is 2. The third-order valence-electron chi connectivity index (χ3n) is 1.19. The standard InChI is InChI=1S/C10H19NO2/c1-8(2)13-7-6-9(12)11-10(3,4)5/h1,6-7H2,2-5H3,(H,11,12). The van der Waals surface area contributed by atoms with Crippen LogP contribution in [0.4, 0.5) is 0 Å². The van der Waals surface area contributed by atoms with Gasteiger partial charge in [0.2, 0.25) is 5.91 Å². The van der Waals surface area contributed by atoms with Gasteiger partial charge in [0.15, 0.2) is 0 Å². The van der Waals surface area contributed by atoms with E-state index in [2.05, 4.69) is 11.9 Å². The maximum Gasteiger partial charge on any atom is 0.223 e. The minimum absolute atomic E-state index is 0.00810. The molecule has 0 saturated carbocycles. The molecule has 13 heavy (non-hydrogen) atoms. The quantitative estimate of drug-likeness (QED) is 0.679. The fourth-order valence-electron chi connectivity index (χ4n) is 0.799. The van der Waals surface area contributed by atoms with Crippen molar-refractivity contribution in [3.63, 3.8) is 0 Å². The summed E-state index contributed by atoms with van der Waals surface area (Å²) >= 11 is 0. The van der Waals surface area contributed by atoms with Gasteiger partial charge in [-0.25, -0.2) is 0 Å². The molecule has 0 rings (SSSR count). The Morgan fingerprint density at radius 1 is 1.46 bits per heavy atom. The van der Waals surface area contributed by atoms with Gasteiger partial charge in [0.05, 0.1) is 18.8 Å². The summed E-state index contributed by atoms with van der Waals surface area (Å²) in [5, 5.41) is 2.84. The van der Waals surface area contributed by atoms with Crippen LogP contribution < -0.4 is 5.32 Å². The van der Waals surface area contributed by atoms with Crippen LogP contribution in [-0.2, 0) is 9.53 Å². The molecule has 0 aromatic heterocycles. The van der Waals surface area contributed by atoms with Gasteiger partial charge in [-0.3, -0.25) is 4.79 Å². The molecule has 0 atom stereocenters. The van der Waals surface area contributed by atoms with Gasteiger partial charge in [-0.2, -0.15) is 0 Å². The van der Waals surface area contributed by atoms with Gasteiger partial charge in [-0.15, -0.1) is 0 Å². The van der Waals surface area contributed by atoms with Crippen molar-refractivity contribution in [1.29, 1.82) is 0 Å². The lowest BCUT2D eigenvalue weighted by atomic mass is 10.1. The predicted octanol–water partition coefficient (Wildman–Crippen LogP) is 1.84. The van der Waals surface area contributed by atoms with Gasteiger partial charge in [-0.05, 0) is 27.7 Å². The molecule has 0 aliphatic carbocycles. The largest absolute Gasteiger partial charge is 0.498 e. The SMILES string of the molecule is C=C(C)OCCC(=O)NC(C)(C)C. The second-order valence-corrected chi connectivity index (χ2v) is 4.10. The van der Waals surface area contributed by atoms with E-state index >= 15 is 0 Å². The van der Waals surface area contributed by atoms with Crippen LogP contribution in [0.2, 0.25) is 0 Å². The van der Waals surface area contributed by atoms with Crippen molar-refractivity contribution < 1.29 is 9.53 Å². The van der Waals surface area contributed by atoms with Crippen molar-refractivity contribution in [1.82, 2.24) is 5.32 Å². The summed E-state index contributed by atoms with van der Waals surface area (Å²) in [6, 6.07) is 0. The van der Waals surface area contributed by atoms with Crippen LogP contribution in [0.3, 0.4) is 0 Å². The molecular weight excluding hydrogens is 166 g/mol. The zero-order chi connectivity index (χ0) is 10.5. The van der Waals surface area contributed by atoms with Gasteiger partial charge < -0.3 is 10.1 Å². The Balaban J connectivity index is 3.59. The van der Waals surface area contributed by atoms with Gasteiger partial charge in [0.1, 0.15) is 0 Å². The number of ether oxygens (including phenoxy) is 1. The average Bonchev–Trinajstić information content (AvgIpc) is 1.81. The number of amides is 1. The van der Waals surface area contributed by atoms with Crippen LogP contribution >= 0.6 is 0 Å². The number of carbonyl (C=O) groups is 1. The minimum atomic E-state index is -0.166. The van der Waals surface area contributed by atoms with Crippen molar-refractivity contribution in [2.45, 2.75) is 39.7 Å². The number of nitrogens with one attached hydrogen (secondary N) is 1. The summed E-state index contributed by atoms with van der Waals surface area (Å²) in [5.41, 5.74) is -0.166. The fourth-order valence-corrected chi connectivity index (χ4v) is 0.799. The van der Waals surface area contributed by atoms with E-state index in [0.29, 0.717) is 18.8 Å². The molecule has 0 fully saturated rings. The van der Waals surface area contributed by atoms with Crippen LogP contribution in [0.25, 0.3) is 0 Å². The lowest BCUT2D eigenvalue weighted by Crippen LogP contribution is -2.40. The highest BCUT2D eigenvalue weighted by Gasteiger charge is 2.12. The highest BCUT2D eigenvalue weighted by Crippen LogP contribution is 1.99. The molecule has 0 heterocycles. The smallest absolute Gasteiger partial charge is 0.223 e. The molecule has 0 radical (unpaired) electrons. The van der Waals surface area contributed by atoms with Crippen molar-refractivity contribution in [2.24, 2.45) is 0 Å². The summed E-state index contributed by atoms with van der Waals surface area (Å²) in [7, 11) is 0. The maximum absolute atomic E-state index is 11.2. The fraction of sp³-hybridized carbons (Fsp3) is 0.700. The summed E-state index contributed by atoms with van der Waals surface area (Å²) in [5.74, 6) is 0.650. The second kappa shape index (κ2) is 4.90. The van der Waals surface area contributed by atoms with E-state index in [1.54, 1.807) is 6.92 Å². The zero-order valence-electron chi connectivity index (χ0n) is 8.94. The van der Waals surface area contributed by atoms with Crippen LogP contribution in [-0.4, -0.2) is 18.1 Å². The van der Waals surface area contributed by atoms with Crippen molar-refractivity contribution in [2.75, 3.05) is 6.61 Å². The molecule has 0 saturated heterocycles. The van der Waals surface area contributed by atoms with E-state index in [-0.39, 0.29) is 11.4 Å². The lowest BCUT2D eigenvalue weighted by Gasteiger charge is -2.20. The predicted molar refractivity (Wildman–Crippen MR) is 53.3 cm³/mol. The molecular formula is C10H19NO2. The summed E-state index contributed by atoms with van der Waals surface area (Å²) in [6.07, 6.45) is 0.379. The van der Waals surface area contributed by atoms with E-state index in [9.17, 15) is 4.79 Å². The molecule has 3 heteroatoms. The number of allylic oxidation sites excluding steroid dienone is 1. The molecule has 0 bridgehead atoms. The Bertz CT molecular complexity index is 192. The van der Waals surface area contributed by atoms with Gasteiger partial charge in [0, 0.05) is 5.54 Å². The Kier molecular flexibility index (Phi) is 4.52. The Hall–Kier alpha value is -0.990. The third-order valence-corrected chi connectivity index (χ3v) is 1.19. The highest BCUT2D eigenvalue weighted by atomic mass is 16.5. The minimum Gasteiger partial charge on any atom is -0.498 e. The van der Waals surface area contributed by atoms with Crippen molar-refractivity contribution >= 4 is 5.91 Å². The van der Waals surface area contributed by atoms with E-state index in [1.165, 1.54) is 0 Å². The molecule has 1 amide bonds. The zero-order valence-corrected chi connectivity index (χ0v) is 8.94. The highest BCUT2D eigenvalue weighted by molar-refractivity contribution is 5.76. The first kappa shape index (κ1) is 12.0. The molecule has 0 unspecified atom stereocenters. The van der Waals surface area contributed by atoms with Crippen LogP contribution in [0.5, 0.6) is 0 Å². The number of rotatable bonds is 4. The van der Waals surface area contributed by atoms with E-state index in [0.717, 1.165) is 0 Å². The van der Waals surface area contributed by atoms with Crippen LogP contribution in [0, 0.1) is 0 Å². The van der Waals surface area contributed by atoms with Crippen molar-refractivity contribution in [3.8, 4) is 0 Å². The van der Waals surface area contributed by atoms with E-state index < -0.39 is 0 Å². The third kappa shape index (κ3) is 8.92. The van der Waals surface area contributed by atoms with E-state index in [4.69, 9.17) is 4.74 Å². The summed E-state index contributed by atoms with van der Waals surface area (Å²) in [6.45, 7) is 11.6. The summed E-state index contributed by atoms with van der Waals surface area (Å²) < 4.78 is 5.07. The first-order valence-corrected chi connectivity index (χ1v) is 4.40. The van der Waals surface area contributed by atoms with Gasteiger partial charge >= 0.3 is 0 Å². The molecule has 0 spiro atoms. The number of carbonyl (C=O) groups excluding carboxylic acids is 1. The Labute approximate surface area is 80.2 Å². The number of hydrogen-bond donors (Lipinski definition) is 1. The molecule has 3 nitrogen and oxygen atoms in total. The Morgan fingerprint density at radius 3 is 2.38 bits per heavy atom. The second-order valence-electron chi connectivity index (χ2n) is 4.10. The molecule has 0 aliphatic rings. The maximum atomic E-state index is 11.2. The lowest BCUT2D eigenvalue weighted by molar-refractivity contribution is -0.123. The average molecular weight is 185 g/mol. The summed E-state index contributed by atoms with van der Waals surface area (Å²) in [4.78, 5) is 11.2. The van der Waals surface area contributed by atoms with Gasteiger partial charge in [-0.1, -0.05) is 6.58 Å². The normalized spacial score (nSPS) is 10.8. The molecule has 0 aliphatic heterocycles.